The smallest absolute Gasteiger partial charge is 0.0619 e. The number of benzene rings is 11. The van der Waals surface area contributed by atoms with Crippen LogP contribution in [0.25, 0.3) is 94.3 Å². The average molecular weight is 880 g/mol. The molecule has 0 fully saturated rings. The van der Waals surface area contributed by atoms with Gasteiger partial charge in [0.15, 0.2) is 0 Å². The van der Waals surface area contributed by atoms with Crippen LogP contribution in [0.3, 0.4) is 0 Å². The molecule has 1 heterocycles. The minimum Gasteiger partial charge on any atom is -0.308 e. The highest BCUT2D eigenvalue weighted by Crippen LogP contribution is 2.44. The molecule has 0 saturated heterocycles. The third-order valence-electron chi connectivity index (χ3n) is 13.7. The van der Waals surface area contributed by atoms with Crippen molar-refractivity contribution in [3.05, 3.63) is 295 Å². The number of rotatable bonds is 11. The van der Waals surface area contributed by atoms with Gasteiger partial charge in [0.2, 0.25) is 0 Å². The molecule has 0 unspecified atom stereocenters. The summed E-state index contributed by atoms with van der Waals surface area (Å²) >= 11 is 0. The van der Waals surface area contributed by atoms with Crippen LogP contribution in [0.1, 0.15) is 22.3 Å². The highest BCUT2D eigenvalue weighted by molar-refractivity contribution is 6.17. The van der Waals surface area contributed by atoms with Crippen molar-refractivity contribution in [3.63, 3.8) is 0 Å². The van der Waals surface area contributed by atoms with E-state index in [0.29, 0.717) is 0 Å². The summed E-state index contributed by atoms with van der Waals surface area (Å²) in [5, 5.41) is 2.47. The molecule has 12 rings (SSSR count). The van der Waals surface area contributed by atoms with E-state index in [1.807, 2.05) is 0 Å². The fourth-order valence-corrected chi connectivity index (χ4v) is 10.7. The van der Waals surface area contributed by atoms with Crippen LogP contribution in [-0.2, 0) is 12.8 Å². The van der Waals surface area contributed by atoms with Gasteiger partial charge in [-0.15, -0.1) is 0 Å². The Kier molecular flexibility index (Phi) is 11.2. The monoisotopic (exact) mass is 879 g/mol. The van der Waals surface area contributed by atoms with Crippen molar-refractivity contribution in [3.8, 4) is 72.4 Å². The topological polar surface area (TPSA) is 4.93 Å². The summed E-state index contributed by atoms with van der Waals surface area (Å²) in [5.41, 5.74) is 23.3. The number of fused-ring (bicyclic) bond motifs is 3. The molecule has 0 bridgehead atoms. The molecule has 0 spiro atoms. The van der Waals surface area contributed by atoms with Gasteiger partial charge in [0.05, 0.1) is 11.0 Å². The molecule has 0 radical (unpaired) electrons. The third-order valence-corrected chi connectivity index (χ3v) is 13.7. The van der Waals surface area contributed by atoms with Crippen LogP contribution in [0.4, 0.5) is 0 Å². The summed E-state index contributed by atoms with van der Waals surface area (Å²) in [4.78, 5) is 0. The van der Waals surface area contributed by atoms with E-state index in [2.05, 4.69) is 278 Å². The van der Waals surface area contributed by atoms with Crippen molar-refractivity contribution in [2.45, 2.75) is 12.8 Å². The molecule has 1 nitrogen and oxygen atoms in total. The molecular formula is C68H49N. The second kappa shape index (κ2) is 18.5. The molecule has 11 aromatic carbocycles. The largest absolute Gasteiger partial charge is 0.308 e. The Morgan fingerprint density at radius 2 is 0.493 bits per heavy atom. The first kappa shape index (κ1) is 41.6. The predicted molar refractivity (Wildman–Crippen MR) is 292 cm³/mol. The zero-order valence-corrected chi connectivity index (χ0v) is 38.3. The maximum atomic E-state index is 2.59. The molecule has 0 amide bonds. The lowest BCUT2D eigenvalue weighted by Gasteiger charge is -2.20. The van der Waals surface area contributed by atoms with Gasteiger partial charge in [0, 0.05) is 27.6 Å². The quantitative estimate of drug-likeness (QED) is 0.122. The SMILES string of the molecule is c1ccc(-c2cccc(-c3ccccc3)c2Cc2cc(Cc3c(-c4ccccc4)cccc3-c3ccccc3)cc(-n3c4c(-c5ccccc5)cccc4c4cccc(-c5ccccc5)c43)c2)cc1. The summed E-state index contributed by atoms with van der Waals surface area (Å²) in [7, 11) is 0. The number of nitrogens with zero attached hydrogens (tertiary/aromatic N) is 1. The van der Waals surface area contributed by atoms with Crippen molar-refractivity contribution >= 4 is 21.8 Å². The molecule has 0 N–H and O–H groups in total. The normalized spacial score (nSPS) is 11.3. The maximum absolute atomic E-state index is 2.59. The Balaban J connectivity index is 1.16. The molecule has 0 aliphatic rings. The Labute approximate surface area is 404 Å². The van der Waals surface area contributed by atoms with E-state index in [9.17, 15) is 0 Å². The molecular weight excluding hydrogens is 831 g/mol. The first-order valence-corrected chi connectivity index (χ1v) is 24.0. The minimum absolute atomic E-state index is 0.732. The summed E-state index contributed by atoms with van der Waals surface area (Å²) in [6.07, 6.45) is 1.46. The Morgan fingerprint density at radius 1 is 0.232 bits per heavy atom. The summed E-state index contributed by atoms with van der Waals surface area (Å²) in [6, 6.07) is 100. The zero-order valence-electron chi connectivity index (χ0n) is 38.3. The zero-order chi connectivity index (χ0) is 45.9. The molecule has 1 aromatic heterocycles. The van der Waals surface area contributed by atoms with Crippen molar-refractivity contribution in [2.24, 2.45) is 0 Å². The van der Waals surface area contributed by atoms with E-state index < -0.39 is 0 Å². The van der Waals surface area contributed by atoms with Gasteiger partial charge in [-0.05, 0) is 103 Å². The van der Waals surface area contributed by atoms with Crippen molar-refractivity contribution in [1.29, 1.82) is 0 Å². The van der Waals surface area contributed by atoms with Crippen molar-refractivity contribution in [2.75, 3.05) is 0 Å². The highest BCUT2D eigenvalue weighted by Gasteiger charge is 2.22. The van der Waals surface area contributed by atoms with E-state index in [-0.39, 0.29) is 0 Å². The first-order chi connectivity index (χ1) is 34.2. The number of hydrogen-bond acceptors (Lipinski definition) is 0. The van der Waals surface area contributed by atoms with E-state index in [4.69, 9.17) is 0 Å². The number of hydrogen-bond donors (Lipinski definition) is 0. The predicted octanol–water partition coefficient (Wildman–Crippen LogP) is 18.0. The average Bonchev–Trinajstić information content (AvgIpc) is 3.77. The summed E-state index contributed by atoms with van der Waals surface area (Å²) < 4.78 is 2.59. The fourth-order valence-electron chi connectivity index (χ4n) is 10.7. The van der Waals surface area contributed by atoms with Crippen LogP contribution in [0, 0.1) is 0 Å². The van der Waals surface area contributed by atoms with Gasteiger partial charge in [0.1, 0.15) is 0 Å². The Bertz CT molecular complexity index is 3370. The van der Waals surface area contributed by atoms with E-state index in [1.165, 1.54) is 111 Å². The lowest BCUT2D eigenvalue weighted by Crippen LogP contribution is -2.04. The molecule has 0 aliphatic heterocycles. The van der Waals surface area contributed by atoms with Gasteiger partial charge in [-0.3, -0.25) is 0 Å². The van der Waals surface area contributed by atoms with Crippen molar-refractivity contribution in [1.82, 2.24) is 4.57 Å². The van der Waals surface area contributed by atoms with E-state index in [1.54, 1.807) is 0 Å². The number of para-hydroxylation sites is 2. The lowest BCUT2D eigenvalue weighted by atomic mass is 9.86. The van der Waals surface area contributed by atoms with Crippen LogP contribution in [0.15, 0.2) is 273 Å². The second-order valence-electron chi connectivity index (χ2n) is 18.0. The van der Waals surface area contributed by atoms with Crippen LogP contribution < -0.4 is 0 Å². The molecule has 1 heteroatoms. The van der Waals surface area contributed by atoms with Gasteiger partial charge in [0.25, 0.3) is 0 Å². The highest BCUT2D eigenvalue weighted by atomic mass is 15.0. The van der Waals surface area contributed by atoms with Crippen molar-refractivity contribution < 1.29 is 0 Å². The van der Waals surface area contributed by atoms with Gasteiger partial charge in [-0.1, -0.05) is 261 Å². The summed E-state index contributed by atoms with van der Waals surface area (Å²) in [5.74, 6) is 0. The first-order valence-electron chi connectivity index (χ1n) is 24.0. The third kappa shape index (κ3) is 8.05. The molecule has 0 saturated carbocycles. The minimum atomic E-state index is 0.732. The van der Waals surface area contributed by atoms with Gasteiger partial charge in [-0.2, -0.15) is 0 Å². The van der Waals surface area contributed by atoms with Gasteiger partial charge >= 0.3 is 0 Å². The molecule has 0 aliphatic carbocycles. The molecule has 326 valence electrons. The molecule has 12 aromatic rings. The molecule has 0 atom stereocenters. The van der Waals surface area contributed by atoms with Crippen LogP contribution in [0.5, 0.6) is 0 Å². The lowest BCUT2D eigenvalue weighted by molar-refractivity contribution is 1.10. The van der Waals surface area contributed by atoms with E-state index >= 15 is 0 Å². The van der Waals surface area contributed by atoms with Gasteiger partial charge in [-0.25, -0.2) is 0 Å². The molecule has 69 heavy (non-hydrogen) atoms. The van der Waals surface area contributed by atoms with E-state index in [0.717, 1.165) is 18.5 Å². The Hall–Kier alpha value is -8.78. The van der Waals surface area contributed by atoms with Gasteiger partial charge < -0.3 is 4.57 Å². The standard InChI is InChI=1S/C68H49N/c1-7-23-50(24-8-1)57-35-19-36-58(51-25-9-2-10-26-51)65(57)46-48-43-49(47-66-59(52-27-11-3-12-28-52)37-20-38-60(66)53-29-13-4-14-30-53)45-56(44-48)69-67-61(54-31-15-5-16-32-54)39-21-41-63(67)64-42-22-40-62(68(64)69)55-33-17-6-18-34-55/h1-45H,46-47H2. The Morgan fingerprint density at radius 3 is 0.797 bits per heavy atom. The fraction of sp³-hybridized carbons (Fsp3) is 0.0294. The maximum Gasteiger partial charge on any atom is 0.0619 e. The second-order valence-corrected chi connectivity index (χ2v) is 18.0. The summed E-state index contributed by atoms with van der Waals surface area (Å²) in [6.45, 7) is 0. The van der Waals surface area contributed by atoms with Crippen LogP contribution in [-0.4, -0.2) is 4.57 Å². The van der Waals surface area contributed by atoms with Crippen LogP contribution >= 0.6 is 0 Å². The van der Waals surface area contributed by atoms with Crippen LogP contribution in [0.2, 0.25) is 0 Å². The number of aromatic nitrogens is 1.